The molecule has 0 aliphatic carbocycles. The number of pyridine rings is 1. The van der Waals surface area contributed by atoms with Gasteiger partial charge in [0.1, 0.15) is 12.4 Å². The van der Waals surface area contributed by atoms with Gasteiger partial charge in [0, 0.05) is 28.9 Å². The van der Waals surface area contributed by atoms with E-state index in [1.165, 1.54) is 12.1 Å². The van der Waals surface area contributed by atoms with Crippen LogP contribution in [0, 0.1) is 0 Å². The first-order chi connectivity index (χ1) is 13.9. The van der Waals surface area contributed by atoms with Crippen molar-refractivity contribution in [3.63, 3.8) is 0 Å². The van der Waals surface area contributed by atoms with Gasteiger partial charge >= 0.3 is 6.18 Å². The summed E-state index contributed by atoms with van der Waals surface area (Å²) >= 11 is 0. The van der Waals surface area contributed by atoms with Crippen LogP contribution in [-0.4, -0.2) is 20.1 Å². The molecule has 0 bridgehead atoms. The molecule has 0 unspecified atom stereocenters. The van der Waals surface area contributed by atoms with Crippen LogP contribution < -0.4 is 5.32 Å². The van der Waals surface area contributed by atoms with Crippen molar-refractivity contribution >= 4 is 22.4 Å². The standard InChI is InChI=1S/C21H15F3N4O/c22-21(23,24)15-5-7-16(8-6-15)26-19-11-18(27-20(12-29)28-19)14-4-3-13-2-1-9-25-17(13)10-14/h1-11,29H,12H2,(H,26,27,28). The molecule has 0 radical (unpaired) electrons. The van der Waals surface area contributed by atoms with E-state index in [9.17, 15) is 18.3 Å². The highest BCUT2D eigenvalue weighted by molar-refractivity contribution is 5.83. The third-order valence-corrected chi connectivity index (χ3v) is 4.30. The van der Waals surface area contributed by atoms with Crippen LogP contribution in [0.2, 0.25) is 0 Å². The van der Waals surface area contributed by atoms with Gasteiger partial charge in [0.05, 0.1) is 16.8 Å². The summed E-state index contributed by atoms with van der Waals surface area (Å²) in [5.74, 6) is 0.554. The Labute approximate surface area is 163 Å². The molecule has 8 heteroatoms. The number of anilines is 2. The van der Waals surface area contributed by atoms with Gasteiger partial charge in [-0.25, -0.2) is 9.97 Å². The van der Waals surface area contributed by atoms with Gasteiger partial charge in [0.15, 0.2) is 5.82 Å². The normalized spacial score (nSPS) is 11.6. The SMILES string of the molecule is OCc1nc(Nc2ccc(C(F)(F)F)cc2)cc(-c2ccc3cccnc3c2)n1. The van der Waals surface area contributed by atoms with Crippen LogP contribution in [0.1, 0.15) is 11.4 Å². The lowest BCUT2D eigenvalue weighted by atomic mass is 10.1. The molecular weight excluding hydrogens is 381 g/mol. The van der Waals surface area contributed by atoms with E-state index in [-0.39, 0.29) is 12.4 Å². The first-order valence-corrected chi connectivity index (χ1v) is 8.71. The summed E-state index contributed by atoms with van der Waals surface area (Å²) in [6.45, 7) is -0.374. The topological polar surface area (TPSA) is 70.9 Å². The molecule has 0 fully saturated rings. The monoisotopic (exact) mass is 396 g/mol. The number of benzene rings is 2. The highest BCUT2D eigenvalue weighted by Crippen LogP contribution is 2.31. The van der Waals surface area contributed by atoms with Crippen molar-refractivity contribution in [2.75, 3.05) is 5.32 Å². The molecule has 0 aliphatic rings. The van der Waals surface area contributed by atoms with Crippen molar-refractivity contribution in [1.82, 2.24) is 15.0 Å². The summed E-state index contributed by atoms with van der Waals surface area (Å²) in [4.78, 5) is 12.9. The van der Waals surface area contributed by atoms with Gasteiger partial charge in [-0.3, -0.25) is 4.98 Å². The highest BCUT2D eigenvalue weighted by Gasteiger charge is 2.29. The summed E-state index contributed by atoms with van der Waals surface area (Å²) in [5, 5.41) is 13.4. The van der Waals surface area contributed by atoms with Gasteiger partial charge < -0.3 is 10.4 Å². The second kappa shape index (κ2) is 7.48. The molecule has 4 aromatic rings. The zero-order valence-corrected chi connectivity index (χ0v) is 15.0. The molecule has 4 rings (SSSR count). The smallest absolute Gasteiger partial charge is 0.388 e. The number of hydrogen-bond acceptors (Lipinski definition) is 5. The number of rotatable bonds is 4. The second-order valence-corrected chi connectivity index (χ2v) is 6.32. The van der Waals surface area contributed by atoms with Crippen molar-refractivity contribution in [3.8, 4) is 11.3 Å². The average Bonchev–Trinajstić information content (AvgIpc) is 2.73. The lowest BCUT2D eigenvalue weighted by molar-refractivity contribution is -0.137. The predicted molar refractivity (Wildman–Crippen MR) is 103 cm³/mol. The zero-order chi connectivity index (χ0) is 20.4. The van der Waals surface area contributed by atoms with Crippen molar-refractivity contribution in [2.45, 2.75) is 12.8 Å². The predicted octanol–water partition coefficient (Wildman–Crippen LogP) is 4.95. The number of fused-ring (bicyclic) bond motifs is 1. The van der Waals surface area contributed by atoms with E-state index < -0.39 is 11.7 Å². The maximum Gasteiger partial charge on any atom is 0.416 e. The van der Waals surface area contributed by atoms with E-state index in [1.54, 1.807) is 12.3 Å². The zero-order valence-electron chi connectivity index (χ0n) is 15.0. The van der Waals surface area contributed by atoms with Crippen molar-refractivity contribution < 1.29 is 18.3 Å². The Morgan fingerprint density at radius 1 is 0.931 bits per heavy atom. The van der Waals surface area contributed by atoms with Gasteiger partial charge in [0.2, 0.25) is 0 Å². The highest BCUT2D eigenvalue weighted by atomic mass is 19.4. The molecule has 0 aliphatic heterocycles. The molecular formula is C21H15F3N4O. The fourth-order valence-corrected chi connectivity index (χ4v) is 2.90. The molecule has 0 saturated carbocycles. The maximum atomic E-state index is 12.7. The number of aliphatic hydroxyl groups is 1. The van der Waals surface area contributed by atoms with Crippen molar-refractivity contribution in [1.29, 1.82) is 0 Å². The van der Waals surface area contributed by atoms with Gasteiger partial charge in [0.25, 0.3) is 0 Å². The first-order valence-electron chi connectivity index (χ1n) is 8.71. The lowest BCUT2D eigenvalue weighted by Crippen LogP contribution is -2.05. The molecule has 0 amide bonds. The largest absolute Gasteiger partial charge is 0.416 e. The summed E-state index contributed by atoms with van der Waals surface area (Å²) < 4.78 is 38.2. The number of aromatic nitrogens is 3. The molecule has 2 N–H and O–H groups in total. The summed E-state index contributed by atoms with van der Waals surface area (Å²) in [6, 6.07) is 15.8. The van der Waals surface area contributed by atoms with Crippen molar-refractivity contribution in [3.05, 3.63) is 78.2 Å². The van der Waals surface area contributed by atoms with Gasteiger partial charge in [-0.1, -0.05) is 18.2 Å². The minimum Gasteiger partial charge on any atom is -0.388 e. The van der Waals surface area contributed by atoms with Crippen LogP contribution in [0.4, 0.5) is 24.7 Å². The second-order valence-electron chi connectivity index (χ2n) is 6.32. The van der Waals surface area contributed by atoms with Gasteiger partial charge in [-0.15, -0.1) is 0 Å². The van der Waals surface area contributed by atoms with E-state index in [1.807, 2.05) is 30.3 Å². The summed E-state index contributed by atoms with van der Waals surface area (Å²) in [7, 11) is 0. The third-order valence-electron chi connectivity index (χ3n) is 4.30. The van der Waals surface area contributed by atoms with E-state index >= 15 is 0 Å². The Balaban J connectivity index is 1.67. The van der Waals surface area contributed by atoms with E-state index in [4.69, 9.17) is 0 Å². The number of nitrogens with zero attached hydrogens (tertiary/aromatic N) is 3. The van der Waals surface area contributed by atoms with Gasteiger partial charge in [-0.2, -0.15) is 13.2 Å². The van der Waals surface area contributed by atoms with Gasteiger partial charge in [-0.05, 0) is 36.4 Å². The minimum atomic E-state index is -4.39. The number of halogens is 3. The molecule has 2 heterocycles. The number of nitrogens with one attached hydrogen (secondary N) is 1. The van der Waals surface area contributed by atoms with Crippen LogP contribution in [-0.2, 0) is 12.8 Å². The molecule has 0 atom stereocenters. The van der Waals surface area contributed by atoms with Crippen LogP contribution in [0.25, 0.3) is 22.2 Å². The Hall–Kier alpha value is -3.52. The summed E-state index contributed by atoms with van der Waals surface area (Å²) in [5.41, 5.74) is 1.85. The fourth-order valence-electron chi connectivity index (χ4n) is 2.90. The van der Waals surface area contributed by atoms with E-state index in [0.29, 0.717) is 17.2 Å². The average molecular weight is 396 g/mol. The lowest BCUT2D eigenvalue weighted by Gasteiger charge is -2.11. The number of aliphatic hydroxyl groups excluding tert-OH is 1. The molecule has 146 valence electrons. The minimum absolute atomic E-state index is 0.193. The Morgan fingerprint density at radius 2 is 1.72 bits per heavy atom. The quantitative estimate of drug-likeness (QED) is 0.511. The Kier molecular flexibility index (Phi) is 4.85. The summed E-state index contributed by atoms with van der Waals surface area (Å²) in [6.07, 6.45) is -2.70. The third kappa shape index (κ3) is 4.17. The van der Waals surface area contributed by atoms with E-state index in [2.05, 4.69) is 20.3 Å². The number of alkyl halides is 3. The Bertz CT molecular complexity index is 1160. The van der Waals surface area contributed by atoms with Crippen LogP contribution in [0.15, 0.2) is 66.9 Å². The van der Waals surface area contributed by atoms with Crippen molar-refractivity contribution in [2.24, 2.45) is 0 Å². The maximum absolute atomic E-state index is 12.7. The molecule has 0 spiro atoms. The molecule has 29 heavy (non-hydrogen) atoms. The number of hydrogen-bond donors (Lipinski definition) is 2. The van der Waals surface area contributed by atoms with Crippen LogP contribution in [0.3, 0.4) is 0 Å². The van der Waals surface area contributed by atoms with E-state index in [0.717, 1.165) is 28.6 Å². The molecule has 2 aromatic carbocycles. The Morgan fingerprint density at radius 3 is 2.45 bits per heavy atom. The first kappa shape index (κ1) is 18.8. The van der Waals surface area contributed by atoms with Crippen LogP contribution in [0.5, 0.6) is 0 Å². The molecule has 2 aromatic heterocycles. The molecule has 0 saturated heterocycles. The molecule has 5 nitrogen and oxygen atoms in total. The van der Waals surface area contributed by atoms with Crippen LogP contribution >= 0.6 is 0 Å². The fraction of sp³-hybridized carbons (Fsp3) is 0.0952.